The van der Waals surface area contributed by atoms with Gasteiger partial charge in [0.05, 0.1) is 0 Å². The summed E-state index contributed by atoms with van der Waals surface area (Å²) in [7, 11) is -8.68. The molecule has 0 spiro atoms. The minimum atomic E-state index is -4.78. The van der Waals surface area contributed by atoms with Gasteiger partial charge < -0.3 is 0 Å². The van der Waals surface area contributed by atoms with Crippen LogP contribution >= 0.6 is 11.6 Å². The molecule has 4 nitrogen and oxygen atoms in total. The molecule has 0 aromatic carbocycles. The smallest absolute Gasteiger partial charge is 0.216 e. The Hall–Kier alpha value is 0.0500. The van der Waals surface area contributed by atoms with Crippen LogP contribution in [0.4, 0.5) is 8.78 Å². The molecule has 0 aromatic rings. The molecule has 0 atom stereocenters. The summed E-state index contributed by atoms with van der Waals surface area (Å²) in [6.45, 7) is 0. The number of rotatable bonds is 3. The minimum Gasteiger partial charge on any atom is -0.216 e. The summed E-state index contributed by atoms with van der Waals surface area (Å²) in [5.74, 6) is -1.89. The van der Waals surface area contributed by atoms with E-state index in [9.17, 15) is 25.6 Å². The zero-order valence-electron chi connectivity index (χ0n) is 4.83. The standard InChI is InChI=1S/C2H3ClF2O4S2/c3-2(4,5)1-11(8,9)10(6)7/h10H,1H2. The summed E-state index contributed by atoms with van der Waals surface area (Å²) in [5.41, 5.74) is 0. The van der Waals surface area contributed by atoms with Crippen molar-refractivity contribution >= 4 is 30.2 Å². The van der Waals surface area contributed by atoms with Crippen molar-refractivity contribution in [3.63, 3.8) is 0 Å². The molecule has 0 aliphatic heterocycles. The molecule has 0 radical (unpaired) electrons. The van der Waals surface area contributed by atoms with Crippen LogP contribution < -0.4 is 0 Å². The second-order valence-electron chi connectivity index (χ2n) is 1.57. The number of thiol groups is 1. The first-order valence-electron chi connectivity index (χ1n) is 2.09. The molecule has 0 bridgehead atoms. The zero-order valence-corrected chi connectivity index (χ0v) is 7.30. The molecule has 0 unspecified atom stereocenters. The van der Waals surface area contributed by atoms with Crippen molar-refractivity contribution in [2.45, 2.75) is 5.38 Å². The van der Waals surface area contributed by atoms with E-state index in [0.717, 1.165) is 0 Å². The van der Waals surface area contributed by atoms with Crippen molar-refractivity contribution in [2.24, 2.45) is 0 Å². The Kier molecular flexibility index (Phi) is 3.21. The topological polar surface area (TPSA) is 68.3 Å². The SMILES string of the molecule is O=[SH](=O)S(=O)(=O)CC(F)(F)Cl. The van der Waals surface area contributed by atoms with Gasteiger partial charge in [-0.15, -0.1) is 0 Å². The van der Waals surface area contributed by atoms with Crippen LogP contribution in [-0.2, 0) is 18.6 Å². The summed E-state index contributed by atoms with van der Waals surface area (Å²) in [6.07, 6.45) is 0. The molecule has 0 aliphatic rings. The molecular weight excluding hydrogens is 226 g/mol. The van der Waals surface area contributed by atoms with E-state index in [4.69, 9.17) is 0 Å². The van der Waals surface area contributed by atoms with Crippen LogP contribution in [0, 0.1) is 0 Å². The second kappa shape index (κ2) is 3.20. The van der Waals surface area contributed by atoms with Crippen LogP contribution in [0.1, 0.15) is 0 Å². The molecule has 0 saturated carbocycles. The van der Waals surface area contributed by atoms with Crippen LogP contribution in [-0.4, -0.2) is 28.0 Å². The maximum atomic E-state index is 11.7. The Labute approximate surface area is 67.4 Å². The van der Waals surface area contributed by atoms with E-state index in [-0.39, 0.29) is 0 Å². The second-order valence-corrected chi connectivity index (χ2v) is 6.58. The largest absolute Gasteiger partial charge is 0.336 e. The third-order valence-corrected chi connectivity index (χ3v) is 3.80. The highest BCUT2D eigenvalue weighted by Gasteiger charge is 2.34. The molecule has 0 amide bonds. The molecule has 0 fully saturated rings. The Morgan fingerprint density at radius 2 is 1.73 bits per heavy atom. The Bertz CT molecular complexity index is 291. The van der Waals surface area contributed by atoms with E-state index < -0.39 is 29.7 Å². The summed E-state index contributed by atoms with van der Waals surface area (Å²) in [5, 5.41) is -4.03. The molecule has 0 aliphatic carbocycles. The van der Waals surface area contributed by atoms with Gasteiger partial charge in [0, 0.05) is 0 Å². The first-order valence-corrected chi connectivity index (χ1v) is 5.90. The average Bonchev–Trinajstić information content (AvgIpc) is 1.56. The van der Waals surface area contributed by atoms with Crippen molar-refractivity contribution in [3.8, 4) is 0 Å². The third kappa shape index (κ3) is 4.49. The van der Waals surface area contributed by atoms with Gasteiger partial charge in [-0.1, -0.05) is 0 Å². The van der Waals surface area contributed by atoms with Gasteiger partial charge in [-0.3, -0.25) is 0 Å². The van der Waals surface area contributed by atoms with Crippen LogP contribution in [0.15, 0.2) is 0 Å². The van der Waals surface area contributed by atoms with Crippen LogP contribution in [0.25, 0.3) is 0 Å². The fraction of sp³-hybridized carbons (Fsp3) is 1.00. The van der Waals surface area contributed by atoms with Gasteiger partial charge in [0.1, 0.15) is 5.75 Å². The number of alkyl halides is 3. The van der Waals surface area contributed by atoms with Gasteiger partial charge in [0.15, 0.2) is 0 Å². The predicted octanol–water partition coefficient (Wildman–Crippen LogP) is -0.241. The van der Waals surface area contributed by atoms with E-state index in [1.807, 2.05) is 0 Å². The van der Waals surface area contributed by atoms with Gasteiger partial charge in [-0.05, 0) is 11.6 Å². The Morgan fingerprint density at radius 1 is 1.36 bits per heavy atom. The molecule has 0 saturated heterocycles. The molecule has 0 aromatic heterocycles. The molecule has 11 heavy (non-hydrogen) atoms. The summed E-state index contributed by atoms with van der Waals surface area (Å²) in [6, 6.07) is 0. The molecule has 0 rings (SSSR count). The van der Waals surface area contributed by atoms with Crippen molar-refractivity contribution in [1.29, 1.82) is 0 Å². The third-order valence-electron chi connectivity index (χ3n) is 0.573. The lowest BCUT2D eigenvalue weighted by Gasteiger charge is -2.02. The first-order chi connectivity index (χ1) is 4.65. The van der Waals surface area contributed by atoms with Gasteiger partial charge in [-0.2, -0.15) is 8.78 Å². The maximum absolute atomic E-state index is 11.7. The Morgan fingerprint density at radius 3 is 1.82 bits per heavy atom. The van der Waals surface area contributed by atoms with Gasteiger partial charge >= 0.3 is 5.38 Å². The lowest BCUT2D eigenvalue weighted by atomic mass is 10.8. The average molecular weight is 229 g/mol. The molecular formula is C2H3ClF2O4S2. The summed E-state index contributed by atoms with van der Waals surface area (Å²) >= 11 is 4.18. The van der Waals surface area contributed by atoms with Crippen LogP contribution in [0.3, 0.4) is 0 Å². The van der Waals surface area contributed by atoms with Crippen LogP contribution in [0.5, 0.6) is 0 Å². The predicted molar refractivity (Wildman–Crippen MR) is 34.9 cm³/mol. The highest BCUT2D eigenvalue weighted by molar-refractivity contribution is 8.59. The normalized spacial score (nSPS) is 13.8. The van der Waals surface area contributed by atoms with Gasteiger partial charge in [-0.25, -0.2) is 16.8 Å². The highest BCUT2D eigenvalue weighted by atomic mass is 35.5. The Balaban J connectivity index is 4.67. The summed E-state index contributed by atoms with van der Waals surface area (Å²) < 4.78 is 63.3. The fourth-order valence-electron chi connectivity index (χ4n) is 0.260. The maximum Gasteiger partial charge on any atom is 0.336 e. The number of halogens is 3. The quantitative estimate of drug-likeness (QED) is 0.411. The number of hydrogen-bond donors (Lipinski definition) is 1. The highest BCUT2D eigenvalue weighted by Crippen LogP contribution is 2.21. The van der Waals surface area contributed by atoms with Crippen molar-refractivity contribution < 1.29 is 25.6 Å². The number of hydrogen-bond acceptors (Lipinski definition) is 4. The minimum absolute atomic E-state index is 1.89. The van der Waals surface area contributed by atoms with Gasteiger partial charge in [0.2, 0.25) is 9.74 Å². The van der Waals surface area contributed by atoms with E-state index in [1.54, 1.807) is 0 Å². The zero-order chi connectivity index (χ0) is 9.28. The molecule has 0 heterocycles. The van der Waals surface area contributed by atoms with E-state index in [2.05, 4.69) is 11.6 Å². The van der Waals surface area contributed by atoms with E-state index >= 15 is 0 Å². The monoisotopic (exact) mass is 228 g/mol. The van der Waals surface area contributed by atoms with Crippen molar-refractivity contribution in [3.05, 3.63) is 0 Å². The fourth-order valence-corrected chi connectivity index (χ4v) is 2.24. The summed E-state index contributed by atoms with van der Waals surface area (Å²) in [4.78, 5) is 0. The van der Waals surface area contributed by atoms with E-state index in [1.165, 1.54) is 0 Å². The first kappa shape index (κ1) is 11.1. The van der Waals surface area contributed by atoms with E-state index in [0.29, 0.717) is 0 Å². The molecule has 0 N–H and O–H groups in total. The van der Waals surface area contributed by atoms with Crippen molar-refractivity contribution in [1.82, 2.24) is 0 Å². The van der Waals surface area contributed by atoms with Gasteiger partial charge in [0.25, 0.3) is 8.87 Å². The van der Waals surface area contributed by atoms with Crippen molar-refractivity contribution in [2.75, 3.05) is 5.75 Å². The van der Waals surface area contributed by atoms with Crippen LogP contribution in [0.2, 0.25) is 0 Å². The molecule has 9 heteroatoms. The molecule has 68 valence electrons. The lowest BCUT2D eigenvalue weighted by molar-refractivity contribution is 0.123. The lowest BCUT2D eigenvalue weighted by Crippen LogP contribution is -2.22.